The average molecular weight is 272 g/mol. The first-order chi connectivity index (χ1) is 8.64. The van der Waals surface area contributed by atoms with Crippen LogP contribution in [-0.2, 0) is 13.8 Å². The molecule has 0 aliphatic carbocycles. The van der Waals surface area contributed by atoms with E-state index >= 15 is 0 Å². The van der Waals surface area contributed by atoms with Crippen molar-refractivity contribution >= 4 is 12.0 Å². The molecule has 0 atom stereocenters. The molecule has 0 aliphatic rings. The van der Waals surface area contributed by atoms with E-state index in [2.05, 4.69) is 0 Å². The summed E-state index contributed by atoms with van der Waals surface area (Å²) < 4.78 is 15.4. The van der Waals surface area contributed by atoms with E-state index in [1.807, 2.05) is 44.2 Å². The van der Waals surface area contributed by atoms with Gasteiger partial charge in [-0.1, -0.05) is 18.2 Å². The molecule has 102 valence electrons. The maximum Gasteiger partial charge on any atom is 0.166 e. The third-order valence-corrected chi connectivity index (χ3v) is 2.81. The molecule has 4 nitrogen and oxygen atoms in total. The zero-order valence-electron chi connectivity index (χ0n) is 11.0. The van der Waals surface area contributed by atoms with E-state index in [0.717, 1.165) is 12.2 Å². The number of hydrogen-bond donors (Lipinski definition) is 0. The van der Waals surface area contributed by atoms with Crippen LogP contribution in [0.25, 0.3) is 0 Å². The second-order valence-electron chi connectivity index (χ2n) is 4.35. The van der Waals surface area contributed by atoms with E-state index in [4.69, 9.17) is 18.7 Å². The van der Waals surface area contributed by atoms with Crippen molar-refractivity contribution in [2.45, 2.75) is 25.9 Å². The van der Waals surface area contributed by atoms with E-state index < -0.39 is 0 Å². The van der Waals surface area contributed by atoms with Gasteiger partial charge in [0.15, 0.2) is 5.75 Å². The Bertz CT molecular complexity index is 316. The maximum absolute atomic E-state index is 5.51. The maximum atomic E-state index is 5.51. The molecule has 0 heterocycles. The van der Waals surface area contributed by atoms with E-state index in [9.17, 15) is 0 Å². The van der Waals surface area contributed by atoms with Gasteiger partial charge in [0.25, 0.3) is 0 Å². The molecular weight excluding hydrogens is 252 g/mol. The Morgan fingerprint density at radius 3 is 2.56 bits per heavy atom. The molecule has 0 aliphatic heterocycles. The van der Waals surface area contributed by atoms with Gasteiger partial charge in [-0.15, -0.1) is 4.33 Å². The molecule has 0 saturated heterocycles. The molecular formula is C13H20O4S. The van der Waals surface area contributed by atoms with Gasteiger partial charge in [-0.25, -0.2) is 0 Å². The van der Waals surface area contributed by atoms with Crippen molar-refractivity contribution in [3.63, 3.8) is 0 Å². The van der Waals surface area contributed by atoms with Crippen LogP contribution in [0.4, 0.5) is 0 Å². The summed E-state index contributed by atoms with van der Waals surface area (Å²) in [6, 6.07) is 9.39. The van der Waals surface area contributed by atoms with Crippen LogP contribution < -0.4 is 4.89 Å². The van der Waals surface area contributed by atoms with Crippen molar-refractivity contribution in [2.24, 2.45) is 0 Å². The number of benzene rings is 1. The molecule has 0 unspecified atom stereocenters. The highest BCUT2D eigenvalue weighted by molar-refractivity contribution is 7.94. The Kier molecular flexibility index (Phi) is 7.12. The average Bonchev–Trinajstić information content (AvgIpc) is 2.37. The fourth-order valence-electron chi connectivity index (χ4n) is 1.15. The van der Waals surface area contributed by atoms with Gasteiger partial charge in [0.05, 0.1) is 5.60 Å². The summed E-state index contributed by atoms with van der Waals surface area (Å²) >= 11 is 1.27. The zero-order valence-corrected chi connectivity index (χ0v) is 11.9. The number of para-hydroxylation sites is 1. The Labute approximate surface area is 113 Å². The number of rotatable bonds is 9. The normalized spacial score (nSPS) is 11.5. The van der Waals surface area contributed by atoms with Gasteiger partial charge in [0.1, 0.15) is 6.79 Å². The van der Waals surface area contributed by atoms with Gasteiger partial charge in [-0.05, 0) is 32.4 Å². The summed E-state index contributed by atoms with van der Waals surface area (Å²) in [5, 5.41) is 0. The van der Waals surface area contributed by atoms with Crippen molar-refractivity contribution in [1.29, 1.82) is 0 Å². The van der Waals surface area contributed by atoms with Crippen molar-refractivity contribution in [3.05, 3.63) is 30.3 Å². The molecule has 0 fully saturated rings. The summed E-state index contributed by atoms with van der Waals surface area (Å²) in [6.07, 6.45) is 0.846. The molecule has 0 spiro atoms. The molecule has 0 bridgehead atoms. The van der Waals surface area contributed by atoms with Gasteiger partial charge in [0, 0.05) is 24.9 Å². The fourth-order valence-corrected chi connectivity index (χ4v) is 1.92. The SMILES string of the molecule is COCOC(C)(C)CCSOOc1ccccc1. The van der Waals surface area contributed by atoms with Crippen LogP contribution >= 0.6 is 12.0 Å². The summed E-state index contributed by atoms with van der Waals surface area (Å²) in [5.74, 6) is 1.48. The molecule has 1 rings (SSSR count). The molecule has 1 aromatic rings. The van der Waals surface area contributed by atoms with Crippen LogP contribution in [0, 0.1) is 0 Å². The molecule has 0 aromatic heterocycles. The summed E-state index contributed by atoms with van der Waals surface area (Å²) in [7, 11) is 1.61. The van der Waals surface area contributed by atoms with Crippen molar-refractivity contribution in [2.75, 3.05) is 19.7 Å². The summed E-state index contributed by atoms with van der Waals surface area (Å²) in [6.45, 7) is 4.34. The van der Waals surface area contributed by atoms with Crippen LogP contribution in [0.3, 0.4) is 0 Å². The van der Waals surface area contributed by atoms with Crippen LogP contribution in [0.2, 0.25) is 0 Å². The second-order valence-corrected chi connectivity index (χ2v) is 5.13. The monoisotopic (exact) mass is 272 g/mol. The van der Waals surface area contributed by atoms with Gasteiger partial charge >= 0.3 is 0 Å². The predicted molar refractivity (Wildman–Crippen MR) is 72.3 cm³/mol. The van der Waals surface area contributed by atoms with Gasteiger partial charge < -0.3 is 14.4 Å². The minimum Gasteiger partial charge on any atom is -0.359 e. The smallest absolute Gasteiger partial charge is 0.166 e. The Balaban J connectivity index is 2.08. The lowest BCUT2D eigenvalue weighted by molar-refractivity contribution is -0.115. The van der Waals surface area contributed by atoms with Crippen LogP contribution in [-0.4, -0.2) is 25.3 Å². The van der Waals surface area contributed by atoms with Gasteiger partial charge in [-0.3, -0.25) is 0 Å². The quantitative estimate of drug-likeness (QED) is 0.226. The van der Waals surface area contributed by atoms with E-state index in [0.29, 0.717) is 12.5 Å². The third-order valence-electron chi connectivity index (χ3n) is 2.28. The van der Waals surface area contributed by atoms with Crippen LogP contribution in [0.15, 0.2) is 30.3 Å². The zero-order chi connectivity index (χ0) is 13.3. The van der Waals surface area contributed by atoms with Crippen molar-refractivity contribution < 1.29 is 18.7 Å². The fraction of sp³-hybridized carbons (Fsp3) is 0.538. The first-order valence-electron chi connectivity index (χ1n) is 5.78. The molecule has 5 heteroatoms. The second kappa shape index (κ2) is 8.37. The molecule has 0 N–H and O–H groups in total. The number of methoxy groups -OCH3 is 1. The lowest BCUT2D eigenvalue weighted by Crippen LogP contribution is -2.26. The summed E-state index contributed by atoms with van der Waals surface area (Å²) in [5.41, 5.74) is -0.223. The Hall–Kier alpha value is -0.750. The topological polar surface area (TPSA) is 36.9 Å². The minimum atomic E-state index is -0.223. The van der Waals surface area contributed by atoms with Crippen LogP contribution in [0.5, 0.6) is 5.75 Å². The molecule has 0 amide bonds. The lowest BCUT2D eigenvalue weighted by atomic mass is 10.1. The number of hydrogen-bond acceptors (Lipinski definition) is 5. The number of ether oxygens (including phenoxy) is 2. The third kappa shape index (κ3) is 6.86. The highest BCUT2D eigenvalue weighted by atomic mass is 32.2. The largest absolute Gasteiger partial charge is 0.359 e. The van der Waals surface area contributed by atoms with Gasteiger partial charge in [0.2, 0.25) is 0 Å². The minimum absolute atomic E-state index is 0.223. The lowest BCUT2D eigenvalue weighted by Gasteiger charge is -2.24. The van der Waals surface area contributed by atoms with E-state index in [1.165, 1.54) is 12.0 Å². The van der Waals surface area contributed by atoms with Gasteiger partial charge in [-0.2, -0.15) is 0 Å². The molecule has 1 aromatic carbocycles. The Morgan fingerprint density at radius 1 is 1.17 bits per heavy atom. The predicted octanol–water partition coefficient (Wildman–Crippen LogP) is 3.43. The van der Waals surface area contributed by atoms with E-state index in [1.54, 1.807) is 7.11 Å². The molecule has 0 radical (unpaired) electrons. The highest BCUT2D eigenvalue weighted by Crippen LogP contribution is 2.19. The highest BCUT2D eigenvalue weighted by Gasteiger charge is 2.18. The van der Waals surface area contributed by atoms with Crippen molar-refractivity contribution in [3.8, 4) is 5.75 Å². The van der Waals surface area contributed by atoms with Crippen molar-refractivity contribution in [1.82, 2.24) is 0 Å². The standard InChI is InChI=1S/C13H20O4S/c1-13(2,15-11-14-3)9-10-18-17-16-12-7-5-4-6-8-12/h4-8H,9-11H2,1-3H3. The Morgan fingerprint density at radius 2 is 1.89 bits per heavy atom. The first-order valence-corrected chi connectivity index (χ1v) is 6.69. The molecule has 0 saturated carbocycles. The summed E-state index contributed by atoms with van der Waals surface area (Å²) in [4.78, 5) is 5.10. The first kappa shape index (κ1) is 15.3. The van der Waals surface area contributed by atoms with Crippen LogP contribution in [0.1, 0.15) is 20.3 Å². The van der Waals surface area contributed by atoms with E-state index in [-0.39, 0.29) is 5.60 Å². The molecule has 18 heavy (non-hydrogen) atoms.